The summed E-state index contributed by atoms with van der Waals surface area (Å²) in [5.74, 6) is -0.190. The third-order valence-corrected chi connectivity index (χ3v) is 3.37. The number of hydrogen-bond donors (Lipinski definition) is 2. The van der Waals surface area contributed by atoms with Crippen molar-refractivity contribution in [3.05, 3.63) is 42.1 Å². The zero-order valence-electron chi connectivity index (χ0n) is 12.2. The highest BCUT2D eigenvalue weighted by molar-refractivity contribution is 7.92. The van der Waals surface area contributed by atoms with Crippen LogP contribution < -0.4 is 10.0 Å². The third kappa shape index (κ3) is 4.85. The van der Waals surface area contributed by atoms with Gasteiger partial charge in [0.25, 0.3) is 0 Å². The largest absolute Gasteiger partial charge is 0.348 e. The van der Waals surface area contributed by atoms with Gasteiger partial charge in [0.15, 0.2) is 5.82 Å². The Kier molecular flexibility index (Phi) is 4.76. The summed E-state index contributed by atoms with van der Waals surface area (Å²) in [6.07, 6.45) is 2.26. The summed E-state index contributed by atoms with van der Waals surface area (Å²) in [7, 11) is -3.41. The van der Waals surface area contributed by atoms with E-state index in [0.29, 0.717) is 0 Å². The highest BCUT2D eigenvalue weighted by atomic mass is 32.2. The molecule has 0 aliphatic carbocycles. The fourth-order valence-electron chi connectivity index (χ4n) is 1.85. The Balaban J connectivity index is 1.92. The molecule has 9 heteroatoms. The fraction of sp³-hybridized carbons (Fsp3) is 0.308. The van der Waals surface area contributed by atoms with Gasteiger partial charge in [-0.15, -0.1) is 5.10 Å². The Morgan fingerprint density at radius 3 is 2.64 bits per heavy atom. The van der Waals surface area contributed by atoms with Crippen molar-refractivity contribution < 1.29 is 13.2 Å². The predicted molar refractivity (Wildman–Crippen MR) is 81.5 cm³/mol. The number of benzene rings is 1. The van der Waals surface area contributed by atoms with Crippen LogP contribution in [0.15, 0.2) is 36.5 Å². The van der Waals surface area contributed by atoms with Crippen molar-refractivity contribution in [2.45, 2.75) is 19.5 Å². The summed E-state index contributed by atoms with van der Waals surface area (Å²) < 4.78 is 24.3. The van der Waals surface area contributed by atoms with Crippen LogP contribution in [0.5, 0.6) is 0 Å². The van der Waals surface area contributed by atoms with E-state index in [4.69, 9.17) is 0 Å². The molecule has 2 N–H and O–H groups in total. The highest BCUT2D eigenvalue weighted by Gasteiger charge is 2.12. The van der Waals surface area contributed by atoms with E-state index < -0.39 is 10.0 Å². The Morgan fingerprint density at radius 1 is 1.32 bits per heavy atom. The van der Waals surface area contributed by atoms with Crippen molar-refractivity contribution in [1.29, 1.82) is 0 Å². The first-order valence-corrected chi connectivity index (χ1v) is 8.45. The van der Waals surface area contributed by atoms with E-state index >= 15 is 0 Å². The van der Waals surface area contributed by atoms with E-state index in [2.05, 4.69) is 20.2 Å². The second kappa shape index (κ2) is 6.56. The van der Waals surface area contributed by atoms with Gasteiger partial charge in [0.2, 0.25) is 15.9 Å². The molecule has 118 valence electrons. The van der Waals surface area contributed by atoms with Crippen molar-refractivity contribution in [2.75, 3.05) is 11.0 Å². The van der Waals surface area contributed by atoms with Gasteiger partial charge in [0.1, 0.15) is 6.54 Å². The molecule has 0 fully saturated rings. The fourth-order valence-corrected chi connectivity index (χ4v) is 2.32. The maximum absolute atomic E-state index is 11.9. The zero-order valence-corrected chi connectivity index (χ0v) is 13.0. The van der Waals surface area contributed by atoms with Crippen molar-refractivity contribution >= 4 is 21.7 Å². The van der Waals surface area contributed by atoms with Crippen LogP contribution in [0.2, 0.25) is 0 Å². The lowest BCUT2D eigenvalue weighted by Crippen LogP contribution is -2.30. The number of nitrogens with zero attached hydrogens (tertiary/aromatic N) is 3. The molecular weight excluding hydrogens is 306 g/mol. The number of nitrogens with one attached hydrogen (secondary N) is 2. The molecule has 0 saturated carbocycles. The smallest absolute Gasteiger partial charge is 0.244 e. The first kappa shape index (κ1) is 16.0. The number of aromatic nitrogens is 3. The minimum absolute atomic E-state index is 0.0754. The molecule has 1 amide bonds. The zero-order chi connectivity index (χ0) is 16.2. The van der Waals surface area contributed by atoms with Gasteiger partial charge in [-0.05, 0) is 12.5 Å². The van der Waals surface area contributed by atoms with Gasteiger partial charge in [-0.2, -0.15) is 9.90 Å². The summed E-state index contributed by atoms with van der Waals surface area (Å²) in [4.78, 5) is 13.1. The average molecular weight is 323 g/mol. The molecule has 1 atom stereocenters. The van der Waals surface area contributed by atoms with Gasteiger partial charge in [-0.1, -0.05) is 30.3 Å². The second-order valence-electron chi connectivity index (χ2n) is 4.83. The van der Waals surface area contributed by atoms with E-state index in [1.165, 1.54) is 6.20 Å². The van der Waals surface area contributed by atoms with Gasteiger partial charge in [0.05, 0.1) is 18.5 Å². The van der Waals surface area contributed by atoms with Gasteiger partial charge in [-0.25, -0.2) is 8.42 Å². The molecule has 8 nitrogen and oxygen atoms in total. The first-order valence-electron chi connectivity index (χ1n) is 6.56. The summed E-state index contributed by atoms with van der Waals surface area (Å²) >= 11 is 0. The Hall–Kier alpha value is -2.42. The minimum atomic E-state index is -3.41. The van der Waals surface area contributed by atoms with Crippen LogP contribution in [0.1, 0.15) is 18.5 Å². The van der Waals surface area contributed by atoms with E-state index in [-0.39, 0.29) is 24.3 Å². The minimum Gasteiger partial charge on any atom is -0.348 e. The van der Waals surface area contributed by atoms with Gasteiger partial charge >= 0.3 is 0 Å². The van der Waals surface area contributed by atoms with Crippen LogP contribution in [-0.2, 0) is 21.4 Å². The molecule has 1 heterocycles. The average Bonchev–Trinajstić information content (AvgIpc) is 2.84. The summed E-state index contributed by atoms with van der Waals surface area (Å²) in [6.45, 7) is 1.78. The number of carbonyl (C=O) groups excluding carboxylic acids is 1. The molecule has 1 unspecified atom stereocenters. The molecule has 0 bridgehead atoms. The van der Waals surface area contributed by atoms with Crippen LogP contribution >= 0.6 is 0 Å². The van der Waals surface area contributed by atoms with E-state index in [1.54, 1.807) is 0 Å². The van der Waals surface area contributed by atoms with Crippen LogP contribution in [0, 0.1) is 0 Å². The normalized spacial score (nSPS) is 12.6. The molecule has 0 aliphatic rings. The monoisotopic (exact) mass is 323 g/mol. The van der Waals surface area contributed by atoms with Crippen molar-refractivity contribution in [3.63, 3.8) is 0 Å². The number of rotatable bonds is 6. The quantitative estimate of drug-likeness (QED) is 0.806. The molecule has 2 rings (SSSR count). The molecule has 1 aromatic carbocycles. The number of sulfonamides is 1. The maximum Gasteiger partial charge on any atom is 0.244 e. The van der Waals surface area contributed by atoms with Crippen LogP contribution in [0.4, 0.5) is 5.82 Å². The molecular formula is C13H17N5O3S. The lowest BCUT2D eigenvalue weighted by Gasteiger charge is -2.13. The van der Waals surface area contributed by atoms with Gasteiger partial charge in [-0.3, -0.25) is 9.52 Å². The van der Waals surface area contributed by atoms with Crippen molar-refractivity contribution in [2.24, 2.45) is 0 Å². The molecule has 0 saturated heterocycles. The Bertz CT molecular complexity index is 742. The van der Waals surface area contributed by atoms with Crippen LogP contribution in [0.3, 0.4) is 0 Å². The lowest BCUT2D eigenvalue weighted by atomic mass is 10.1. The Morgan fingerprint density at radius 2 is 2.00 bits per heavy atom. The Labute approximate surface area is 128 Å². The number of amides is 1. The lowest BCUT2D eigenvalue weighted by molar-refractivity contribution is -0.122. The molecule has 0 aliphatic heterocycles. The van der Waals surface area contributed by atoms with Crippen molar-refractivity contribution in [3.8, 4) is 0 Å². The SMILES string of the molecule is CC(NC(=O)Cn1ncc(NS(C)(=O)=O)n1)c1ccccc1. The predicted octanol–water partition coefficient (Wildman–Crippen LogP) is 0.527. The molecule has 2 aromatic rings. The van der Waals surface area contributed by atoms with E-state index in [9.17, 15) is 13.2 Å². The second-order valence-corrected chi connectivity index (χ2v) is 6.58. The highest BCUT2D eigenvalue weighted by Crippen LogP contribution is 2.10. The summed E-state index contributed by atoms with van der Waals surface area (Å²) in [5.41, 5.74) is 0.990. The topological polar surface area (TPSA) is 106 Å². The third-order valence-electron chi connectivity index (χ3n) is 2.79. The molecule has 1 aromatic heterocycles. The number of carbonyl (C=O) groups is 1. The van der Waals surface area contributed by atoms with Crippen LogP contribution in [0.25, 0.3) is 0 Å². The van der Waals surface area contributed by atoms with E-state index in [0.717, 1.165) is 16.6 Å². The van der Waals surface area contributed by atoms with Crippen LogP contribution in [-0.4, -0.2) is 35.6 Å². The van der Waals surface area contributed by atoms with E-state index in [1.807, 2.05) is 37.3 Å². The molecule has 0 spiro atoms. The molecule has 22 heavy (non-hydrogen) atoms. The van der Waals surface area contributed by atoms with Gasteiger partial charge < -0.3 is 5.32 Å². The number of anilines is 1. The summed E-state index contributed by atoms with van der Waals surface area (Å²) in [5, 5.41) is 10.5. The van der Waals surface area contributed by atoms with Crippen molar-refractivity contribution in [1.82, 2.24) is 20.3 Å². The molecule has 0 radical (unpaired) electrons. The van der Waals surface area contributed by atoms with Gasteiger partial charge in [0, 0.05) is 0 Å². The summed E-state index contributed by atoms with van der Waals surface area (Å²) in [6, 6.07) is 9.41. The number of hydrogen-bond acceptors (Lipinski definition) is 5. The standard InChI is InChI=1S/C13H17N5O3S/c1-10(11-6-4-3-5-7-11)15-13(19)9-18-14-8-12(16-18)17-22(2,20)21/h3-8,10H,9H2,1-2H3,(H,15,19)(H,16,17). The maximum atomic E-state index is 11.9. The first-order chi connectivity index (χ1) is 10.3.